The van der Waals surface area contributed by atoms with Crippen molar-refractivity contribution >= 4 is 0 Å². The van der Waals surface area contributed by atoms with Crippen molar-refractivity contribution in [3.8, 4) is 17.2 Å². The lowest BCUT2D eigenvalue weighted by Gasteiger charge is -2.35. The van der Waals surface area contributed by atoms with Crippen molar-refractivity contribution in [1.29, 1.82) is 0 Å². The molecule has 1 aromatic heterocycles. The molecule has 2 heterocycles. The zero-order valence-corrected chi connectivity index (χ0v) is 16.4. The van der Waals surface area contributed by atoms with Gasteiger partial charge >= 0.3 is 0 Å². The van der Waals surface area contributed by atoms with E-state index < -0.39 is 0 Å². The van der Waals surface area contributed by atoms with Crippen molar-refractivity contribution in [2.24, 2.45) is 0 Å². The Morgan fingerprint density at radius 2 is 1.85 bits per heavy atom. The molecular weight excluding hydrogens is 340 g/mol. The van der Waals surface area contributed by atoms with Crippen molar-refractivity contribution in [2.75, 3.05) is 33.9 Å². The second-order valence-electron chi connectivity index (χ2n) is 6.88. The van der Waals surface area contributed by atoms with Crippen LogP contribution in [-0.2, 0) is 0 Å². The number of aromatic nitrogens is 1. The molecule has 0 bridgehead atoms. The fraction of sp³-hybridized carbons (Fsp3) is 0.500. The molecule has 0 saturated carbocycles. The predicted molar refractivity (Wildman–Crippen MR) is 107 cm³/mol. The standard InChI is InChI=1S/C22H30N2O3/c1-25-20-11-7-12-21(26-2)22(20)27-16-6-5-15-24-14-4-3-10-19(24)18-9-8-13-23-17-18/h7-9,11-13,17,19H,3-6,10,14-16H2,1-2H3/t19-/m0/s1. The van der Waals surface area contributed by atoms with E-state index in [0.29, 0.717) is 29.9 Å². The van der Waals surface area contributed by atoms with Gasteiger partial charge in [0.25, 0.3) is 0 Å². The van der Waals surface area contributed by atoms with Crippen LogP contribution >= 0.6 is 0 Å². The van der Waals surface area contributed by atoms with Crippen LogP contribution in [0, 0.1) is 0 Å². The number of likely N-dealkylation sites (tertiary alicyclic amines) is 1. The van der Waals surface area contributed by atoms with Crippen molar-refractivity contribution in [3.05, 3.63) is 48.3 Å². The van der Waals surface area contributed by atoms with E-state index in [9.17, 15) is 0 Å². The summed E-state index contributed by atoms with van der Waals surface area (Å²) in [5, 5.41) is 0. The van der Waals surface area contributed by atoms with Crippen molar-refractivity contribution in [1.82, 2.24) is 9.88 Å². The van der Waals surface area contributed by atoms with Crippen molar-refractivity contribution in [2.45, 2.75) is 38.1 Å². The maximum absolute atomic E-state index is 5.97. The van der Waals surface area contributed by atoms with Crippen LogP contribution < -0.4 is 14.2 Å². The molecule has 1 saturated heterocycles. The Labute approximate surface area is 162 Å². The van der Waals surface area contributed by atoms with Crippen LogP contribution in [0.15, 0.2) is 42.7 Å². The third-order valence-corrected chi connectivity index (χ3v) is 5.15. The summed E-state index contributed by atoms with van der Waals surface area (Å²) in [4.78, 5) is 6.90. The monoisotopic (exact) mass is 370 g/mol. The first-order valence-electron chi connectivity index (χ1n) is 9.81. The summed E-state index contributed by atoms with van der Waals surface area (Å²) in [7, 11) is 3.30. The number of hydrogen-bond acceptors (Lipinski definition) is 5. The van der Waals surface area contributed by atoms with E-state index in [-0.39, 0.29) is 0 Å². The average molecular weight is 370 g/mol. The Balaban J connectivity index is 1.48. The summed E-state index contributed by atoms with van der Waals surface area (Å²) in [6.07, 6.45) is 9.77. The van der Waals surface area contributed by atoms with Gasteiger partial charge in [-0.1, -0.05) is 18.6 Å². The molecule has 5 heteroatoms. The van der Waals surface area contributed by atoms with Crippen LogP contribution in [0.25, 0.3) is 0 Å². The Bertz CT molecular complexity index is 671. The first-order valence-corrected chi connectivity index (χ1v) is 9.81. The van der Waals surface area contributed by atoms with Gasteiger partial charge in [0.2, 0.25) is 5.75 Å². The molecule has 0 spiro atoms. The molecule has 0 aliphatic carbocycles. The van der Waals surface area contributed by atoms with Gasteiger partial charge in [0.15, 0.2) is 11.5 Å². The van der Waals surface area contributed by atoms with Crippen LogP contribution in [-0.4, -0.2) is 43.8 Å². The lowest BCUT2D eigenvalue weighted by Crippen LogP contribution is -2.34. The lowest BCUT2D eigenvalue weighted by atomic mass is 9.96. The first kappa shape index (κ1) is 19.5. The molecular formula is C22H30N2O3. The highest BCUT2D eigenvalue weighted by Gasteiger charge is 2.23. The Morgan fingerprint density at radius 1 is 1.04 bits per heavy atom. The Hall–Kier alpha value is -2.27. The normalized spacial score (nSPS) is 17.5. The molecule has 3 rings (SSSR count). The van der Waals surface area contributed by atoms with E-state index in [0.717, 1.165) is 19.4 Å². The van der Waals surface area contributed by atoms with E-state index >= 15 is 0 Å². The lowest BCUT2D eigenvalue weighted by molar-refractivity contribution is 0.142. The number of benzene rings is 1. The third kappa shape index (κ3) is 5.13. The van der Waals surface area contributed by atoms with Gasteiger partial charge in [0.1, 0.15) is 0 Å². The molecule has 1 aromatic carbocycles. The predicted octanol–water partition coefficient (Wildman–Crippen LogP) is 4.49. The molecule has 146 valence electrons. The molecule has 1 fully saturated rings. The maximum Gasteiger partial charge on any atom is 0.203 e. The molecule has 2 aromatic rings. The number of nitrogens with zero attached hydrogens (tertiary/aromatic N) is 2. The Morgan fingerprint density at radius 3 is 2.56 bits per heavy atom. The maximum atomic E-state index is 5.97. The molecule has 1 aliphatic rings. The van der Waals surface area contributed by atoms with Gasteiger partial charge in [-0.15, -0.1) is 0 Å². The summed E-state index contributed by atoms with van der Waals surface area (Å²) >= 11 is 0. The zero-order valence-electron chi connectivity index (χ0n) is 16.4. The van der Waals surface area contributed by atoms with Crippen molar-refractivity contribution < 1.29 is 14.2 Å². The summed E-state index contributed by atoms with van der Waals surface area (Å²) in [5.74, 6) is 2.11. The fourth-order valence-corrected chi connectivity index (χ4v) is 3.76. The number of rotatable bonds is 9. The van der Waals surface area contributed by atoms with E-state index in [1.165, 1.54) is 31.4 Å². The summed E-state index contributed by atoms with van der Waals surface area (Å²) in [5.41, 5.74) is 1.34. The molecule has 1 atom stereocenters. The quantitative estimate of drug-likeness (QED) is 0.609. The second kappa shape index (κ2) is 10.2. The molecule has 0 amide bonds. The SMILES string of the molecule is COc1cccc(OC)c1OCCCCN1CCCC[C@H]1c1cccnc1. The largest absolute Gasteiger partial charge is 0.493 e. The highest BCUT2D eigenvalue weighted by atomic mass is 16.5. The summed E-state index contributed by atoms with van der Waals surface area (Å²) < 4.78 is 16.7. The average Bonchev–Trinajstić information content (AvgIpc) is 2.74. The topological polar surface area (TPSA) is 43.8 Å². The van der Waals surface area contributed by atoms with Crippen molar-refractivity contribution in [3.63, 3.8) is 0 Å². The highest BCUT2D eigenvalue weighted by Crippen LogP contribution is 2.37. The smallest absolute Gasteiger partial charge is 0.203 e. The van der Waals surface area contributed by atoms with Gasteiger partial charge in [-0.2, -0.15) is 0 Å². The highest BCUT2D eigenvalue weighted by molar-refractivity contribution is 5.51. The van der Waals surface area contributed by atoms with Crippen LogP contribution in [0.2, 0.25) is 0 Å². The first-order chi connectivity index (χ1) is 13.3. The second-order valence-corrected chi connectivity index (χ2v) is 6.88. The molecule has 5 nitrogen and oxygen atoms in total. The van der Waals surface area contributed by atoms with Crippen LogP contribution in [0.1, 0.15) is 43.7 Å². The molecule has 0 unspecified atom stereocenters. The van der Waals surface area contributed by atoms with Gasteiger partial charge in [-0.3, -0.25) is 9.88 Å². The number of para-hydroxylation sites is 1. The van der Waals surface area contributed by atoms with Crippen LogP contribution in [0.5, 0.6) is 17.2 Å². The van der Waals surface area contributed by atoms with Gasteiger partial charge in [-0.05, 0) is 62.5 Å². The van der Waals surface area contributed by atoms with E-state index in [1.807, 2.05) is 36.7 Å². The number of ether oxygens (including phenoxy) is 3. The number of methoxy groups -OCH3 is 2. The van der Waals surface area contributed by atoms with Gasteiger partial charge in [-0.25, -0.2) is 0 Å². The minimum atomic E-state index is 0.502. The molecule has 0 N–H and O–H groups in total. The number of piperidine rings is 1. The number of hydrogen-bond donors (Lipinski definition) is 0. The zero-order chi connectivity index (χ0) is 18.9. The molecule has 1 aliphatic heterocycles. The van der Waals surface area contributed by atoms with Gasteiger partial charge < -0.3 is 14.2 Å². The minimum Gasteiger partial charge on any atom is -0.493 e. The van der Waals surface area contributed by atoms with Gasteiger partial charge in [0.05, 0.1) is 20.8 Å². The Kier molecular flexibility index (Phi) is 7.34. The van der Waals surface area contributed by atoms with Crippen LogP contribution in [0.4, 0.5) is 0 Å². The summed E-state index contributed by atoms with van der Waals surface area (Å²) in [6, 6.07) is 10.4. The minimum absolute atomic E-state index is 0.502. The van der Waals surface area contributed by atoms with E-state index in [4.69, 9.17) is 14.2 Å². The molecule has 0 radical (unpaired) electrons. The van der Waals surface area contributed by atoms with E-state index in [2.05, 4.69) is 16.0 Å². The van der Waals surface area contributed by atoms with Crippen LogP contribution in [0.3, 0.4) is 0 Å². The molecule has 27 heavy (non-hydrogen) atoms. The number of pyridine rings is 1. The van der Waals surface area contributed by atoms with Gasteiger partial charge in [0, 0.05) is 18.4 Å². The summed E-state index contributed by atoms with van der Waals surface area (Å²) in [6.45, 7) is 2.91. The number of unbranched alkanes of at least 4 members (excludes halogenated alkanes) is 1. The fourth-order valence-electron chi connectivity index (χ4n) is 3.76. The third-order valence-electron chi connectivity index (χ3n) is 5.15. The van der Waals surface area contributed by atoms with E-state index in [1.54, 1.807) is 14.2 Å².